The van der Waals surface area contributed by atoms with Gasteiger partial charge in [0.25, 0.3) is 5.92 Å². The molecule has 0 aromatic heterocycles. The maximum atomic E-state index is 16.6. The molecule has 0 amide bonds. The van der Waals surface area contributed by atoms with Crippen molar-refractivity contribution in [3.8, 4) is 11.5 Å². The van der Waals surface area contributed by atoms with Crippen LogP contribution in [0.25, 0.3) is 0 Å². The number of hydrogen-bond donors (Lipinski definition) is 0. The van der Waals surface area contributed by atoms with Crippen LogP contribution in [0.2, 0.25) is 0 Å². The monoisotopic (exact) mass is 586 g/mol. The van der Waals surface area contributed by atoms with Crippen LogP contribution < -0.4 is 9.47 Å². The molecule has 0 N–H and O–H groups in total. The molecule has 0 radical (unpaired) electrons. The third-order valence-electron chi connectivity index (χ3n) is 7.43. The van der Waals surface area contributed by atoms with E-state index in [9.17, 15) is 0 Å². The van der Waals surface area contributed by atoms with E-state index in [0.29, 0.717) is 44.5 Å². The summed E-state index contributed by atoms with van der Waals surface area (Å²) in [6.45, 7) is 12.4. The number of halogens is 2. The zero-order chi connectivity index (χ0) is 29.9. The summed E-state index contributed by atoms with van der Waals surface area (Å²) >= 11 is 0. The third-order valence-corrected chi connectivity index (χ3v) is 7.43. The van der Waals surface area contributed by atoms with Crippen molar-refractivity contribution in [3.05, 3.63) is 24.3 Å². The molecule has 1 aromatic carbocycles. The minimum Gasteiger partial charge on any atom is -0.494 e. The van der Waals surface area contributed by atoms with Crippen LogP contribution >= 0.6 is 0 Å². The fraction of sp³-hybridized carbons (Fsp3) is 0.818. The van der Waals surface area contributed by atoms with Gasteiger partial charge in [0.05, 0.1) is 25.2 Å². The largest absolute Gasteiger partial charge is 0.494 e. The first kappa shape index (κ1) is 35.7. The van der Waals surface area contributed by atoms with Crippen molar-refractivity contribution in [2.75, 3.05) is 39.6 Å². The van der Waals surface area contributed by atoms with Crippen molar-refractivity contribution in [1.82, 2.24) is 0 Å². The normalized spacial score (nSPS) is 23.9. The number of unbranched alkanes of at least 4 members (excludes halogenated alkanes) is 5. The van der Waals surface area contributed by atoms with Gasteiger partial charge in [-0.3, -0.25) is 0 Å². The molecule has 1 aliphatic rings. The first-order valence-corrected chi connectivity index (χ1v) is 16.1. The molecule has 0 heterocycles. The van der Waals surface area contributed by atoms with Gasteiger partial charge in [-0.25, -0.2) is 8.78 Å². The van der Waals surface area contributed by atoms with Crippen LogP contribution in [0, 0.1) is 5.92 Å². The van der Waals surface area contributed by atoms with Gasteiger partial charge in [0.2, 0.25) is 0 Å². The molecule has 8 heteroatoms. The molecule has 1 saturated carbocycles. The lowest BCUT2D eigenvalue weighted by molar-refractivity contribution is -0.292. The van der Waals surface area contributed by atoms with Gasteiger partial charge in [0.1, 0.15) is 23.7 Å². The standard InChI is InChI=1S/C33H56F2O6/c1-6-11-20-36-25-28-29(38-22-13-8-3)30(39-23-14-9-4)31(40-24-15-10-5)32(33(28,34)35)41-27-18-16-26(17-19-27)37-21-12-7-2/h16-19,28-32H,6-15,20-25H2,1-5H3/t28-,29-,30+,31-,32+/m1/s1. The molecular weight excluding hydrogens is 530 g/mol. The van der Waals surface area contributed by atoms with Crippen molar-refractivity contribution >= 4 is 0 Å². The van der Waals surface area contributed by atoms with E-state index in [4.69, 9.17) is 28.4 Å². The van der Waals surface area contributed by atoms with E-state index in [0.717, 1.165) is 64.2 Å². The number of alkyl halides is 2. The molecule has 0 unspecified atom stereocenters. The lowest BCUT2D eigenvalue weighted by atomic mass is 9.77. The van der Waals surface area contributed by atoms with Crippen LogP contribution in [0.5, 0.6) is 11.5 Å². The predicted molar refractivity (Wildman–Crippen MR) is 159 cm³/mol. The van der Waals surface area contributed by atoms with Crippen LogP contribution in [0.3, 0.4) is 0 Å². The fourth-order valence-electron chi connectivity index (χ4n) is 4.82. The summed E-state index contributed by atoms with van der Waals surface area (Å²) in [4.78, 5) is 0. The van der Waals surface area contributed by atoms with Gasteiger partial charge in [-0.2, -0.15) is 0 Å². The second-order valence-corrected chi connectivity index (χ2v) is 11.0. The topological polar surface area (TPSA) is 55.4 Å². The predicted octanol–water partition coefficient (Wildman–Crippen LogP) is 8.25. The van der Waals surface area contributed by atoms with Gasteiger partial charge < -0.3 is 28.4 Å². The minimum absolute atomic E-state index is 0.136. The summed E-state index contributed by atoms with van der Waals surface area (Å²) in [5.74, 6) is -3.51. The summed E-state index contributed by atoms with van der Waals surface area (Å²) in [5.41, 5.74) is 0. The number of rotatable bonds is 23. The Balaban J connectivity index is 2.43. The highest BCUT2D eigenvalue weighted by molar-refractivity contribution is 5.32. The molecule has 5 atom stereocenters. The Morgan fingerprint density at radius 1 is 0.585 bits per heavy atom. The lowest BCUT2D eigenvalue weighted by Gasteiger charge is -2.50. The summed E-state index contributed by atoms with van der Waals surface area (Å²) in [6, 6.07) is 6.89. The Morgan fingerprint density at radius 2 is 1.05 bits per heavy atom. The minimum atomic E-state index is -3.29. The molecule has 2 rings (SSSR count). The Morgan fingerprint density at radius 3 is 1.61 bits per heavy atom. The average Bonchev–Trinajstić information content (AvgIpc) is 2.96. The van der Waals surface area contributed by atoms with Crippen molar-refractivity contribution < 1.29 is 37.2 Å². The first-order valence-electron chi connectivity index (χ1n) is 16.1. The van der Waals surface area contributed by atoms with Crippen molar-refractivity contribution in [2.24, 2.45) is 5.92 Å². The Bertz CT molecular complexity index is 777. The van der Waals surface area contributed by atoms with Crippen LogP contribution in [0.4, 0.5) is 8.78 Å². The van der Waals surface area contributed by atoms with Crippen molar-refractivity contribution in [3.63, 3.8) is 0 Å². The molecule has 238 valence electrons. The second kappa shape index (κ2) is 20.4. The number of hydrogen-bond acceptors (Lipinski definition) is 6. The van der Waals surface area contributed by atoms with E-state index < -0.39 is 36.3 Å². The molecule has 41 heavy (non-hydrogen) atoms. The quantitative estimate of drug-likeness (QED) is 0.120. The molecule has 0 bridgehead atoms. The molecule has 6 nitrogen and oxygen atoms in total. The summed E-state index contributed by atoms with van der Waals surface area (Å²) in [6.07, 6.45) is 4.64. The van der Waals surface area contributed by atoms with E-state index in [2.05, 4.69) is 27.7 Å². The maximum Gasteiger partial charge on any atom is 0.294 e. The van der Waals surface area contributed by atoms with E-state index in [1.807, 2.05) is 6.92 Å². The molecule has 1 aromatic rings. The highest BCUT2D eigenvalue weighted by Crippen LogP contribution is 2.45. The molecule has 0 saturated heterocycles. The van der Waals surface area contributed by atoms with Gasteiger partial charge >= 0.3 is 0 Å². The smallest absolute Gasteiger partial charge is 0.294 e. The van der Waals surface area contributed by atoms with Gasteiger partial charge in [-0.05, 0) is 56.4 Å². The third kappa shape index (κ3) is 11.6. The maximum absolute atomic E-state index is 16.6. The van der Waals surface area contributed by atoms with Gasteiger partial charge in [0, 0.05) is 26.4 Å². The van der Waals surface area contributed by atoms with Crippen molar-refractivity contribution in [2.45, 2.75) is 129 Å². The highest BCUT2D eigenvalue weighted by Gasteiger charge is 2.64. The van der Waals surface area contributed by atoms with Crippen LogP contribution in [-0.2, 0) is 18.9 Å². The van der Waals surface area contributed by atoms with E-state index in [1.165, 1.54) is 0 Å². The molecule has 0 aliphatic heterocycles. The van der Waals surface area contributed by atoms with Gasteiger partial charge in [0.15, 0.2) is 6.10 Å². The molecule has 1 aliphatic carbocycles. The van der Waals surface area contributed by atoms with E-state index in [1.54, 1.807) is 24.3 Å². The van der Waals surface area contributed by atoms with Gasteiger partial charge in [-0.1, -0.05) is 66.7 Å². The summed E-state index contributed by atoms with van der Waals surface area (Å²) in [7, 11) is 0. The highest BCUT2D eigenvalue weighted by atomic mass is 19.3. The molecule has 0 spiro atoms. The van der Waals surface area contributed by atoms with Crippen LogP contribution in [0.1, 0.15) is 98.8 Å². The second-order valence-electron chi connectivity index (χ2n) is 11.0. The summed E-state index contributed by atoms with van der Waals surface area (Å²) < 4.78 is 69.8. The molecule has 1 fully saturated rings. The molecular formula is C33H56F2O6. The van der Waals surface area contributed by atoms with Crippen molar-refractivity contribution in [1.29, 1.82) is 0 Å². The zero-order valence-corrected chi connectivity index (χ0v) is 26.2. The fourth-order valence-corrected chi connectivity index (χ4v) is 4.82. The van der Waals surface area contributed by atoms with E-state index >= 15 is 8.78 Å². The summed E-state index contributed by atoms with van der Waals surface area (Å²) in [5, 5.41) is 0. The van der Waals surface area contributed by atoms with Crippen LogP contribution in [0.15, 0.2) is 24.3 Å². The van der Waals surface area contributed by atoms with Crippen LogP contribution in [-0.4, -0.2) is 70.0 Å². The SMILES string of the molecule is CCCCOC[C@@H]1[C@@H](OCCCC)[C@H](OCCCC)[C@@H](OCCCC)[C@H](Oc2ccc(OCCCC)cc2)C1(F)F. The van der Waals surface area contributed by atoms with Gasteiger partial charge in [-0.15, -0.1) is 0 Å². The Hall–Kier alpha value is -1.48. The lowest BCUT2D eigenvalue weighted by Crippen LogP contribution is -2.69. The number of benzene rings is 1. The first-order chi connectivity index (χ1) is 19.9. The number of ether oxygens (including phenoxy) is 6. The zero-order valence-electron chi connectivity index (χ0n) is 26.2. The Labute approximate surface area is 247 Å². The van der Waals surface area contributed by atoms with E-state index in [-0.39, 0.29) is 6.61 Å². The average molecular weight is 587 g/mol. The Kier molecular flexibility index (Phi) is 17.8.